The van der Waals surface area contributed by atoms with Gasteiger partial charge in [-0.1, -0.05) is 0 Å². The van der Waals surface area contributed by atoms with Gasteiger partial charge in [0.25, 0.3) is 0 Å². The van der Waals surface area contributed by atoms with E-state index in [4.69, 9.17) is 9.84 Å². The topological polar surface area (TPSA) is 46.5 Å². The van der Waals surface area contributed by atoms with Crippen molar-refractivity contribution in [1.29, 1.82) is 0 Å². The van der Waals surface area contributed by atoms with Crippen LogP contribution in [0.5, 0.6) is 0 Å². The van der Waals surface area contributed by atoms with E-state index in [2.05, 4.69) is 15.9 Å². The van der Waals surface area contributed by atoms with Crippen molar-refractivity contribution in [3.05, 3.63) is 20.8 Å². The summed E-state index contributed by atoms with van der Waals surface area (Å²) in [5.41, 5.74) is 0. The highest BCUT2D eigenvalue weighted by molar-refractivity contribution is 9.10. The zero-order valence-corrected chi connectivity index (χ0v) is 8.52. The zero-order valence-electron chi connectivity index (χ0n) is 6.12. The smallest absolute Gasteiger partial charge is 0.348 e. The summed E-state index contributed by atoms with van der Waals surface area (Å²) in [5.74, 6) is -0.389. The lowest BCUT2D eigenvalue weighted by molar-refractivity contribution is 0.0439. The van der Waals surface area contributed by atoms with Crippen molar-refractivity contribution in [2.24, 2.45) is 0 Å². The monoisotopic (exact) mass is 250 g/mol. The molecule has 1 rings (SSSR count). The number of esters is 1. The van der Waals surface area contributed by atoms with Gasteiger partial charge in [0.1, 0.15) is 11.5 Å². The number of halogens is 1. The first-order chi connectivity index (χ1) is 5.74. The van der Waals surface area contributed by atoms with Gasteiger partial charge in [-0.2, -0.15) is 0 Å². The minimum atomic E-state index is -0.389. The maximum atomic E-state index is 11.1. The van der Waals surface area contributed by atoms with Crippen LogP contribution in [0.2, 0.25) is 0 Å². The third kappa shape index (κ3) is 2.58. The number of rotatable bonds is 3. The second kappa shape index (κ2) is 4.59. The first-order valence-electron chi connectivity index (χ1n) is 3.26. The molecule has 1 aromatic rings. The molecule has 0 fully saturated rings. The highest BCUT2D eigenvalue weighted by atomic mass is 79.9. The lowest BCUT2D eigenvalue weighted by Crippen LogP contribution is -2.06. The highest BCUT2D eigenvalue weighted by Gasteiger charge is 2.08. The van der Waals surface area contributed by atoms with E-state index in [0.29, 0.717) is 4.88 Å². The van der Waals surface area contributed by atoms with E-state index in [9.17, 15) is 4.79 Å². The maximum absolute atomic E-state index is 11.1. The van der Waals surface area contributed by atoms with Crippen molar-refractivity contribution in [1.82, 2.24) is 0 Å². The number of thiophene rings is 1. The molecule has 1 aromatic heterocycles. The molecule has 0 aliphatic rings. The molecule has 5 heteroatoms. The Morgan fingerprint density at radius 2 is 2.50 bits per heavy atom. The minimum Gasteiger partial charge on any atom is -0.459 e. The van der Waals surface area contributed by atoms with E-state index >= 15 is 0 Å². The Hall–Kier alpha value is -0.390. The van der Waals surface area contributed by atoms with E-state index in [0.717, 1.165) is 4.47 Å². The van der Waals surface area contributed by atoms with Crippen LogP contribution < -0.4 is 0 Å². The molecule has 12 heavy (non-hydrogen) atoms. The van der Waals surface area contributed by atoms with E-state index < -0.39 is 0 Å². The predicted molar refractivity (Wildman–Crippen MR) is 49.4 cm³/mol. The molecule has 0 spiro atoms. The normalized spacial score (nSPS) is 9.83. The Kier molecular flexibility index (Phi) is 3.71. The van der Waals surface area contributed by atoms with E-state index in [-0.39, 0.29) is 19.2 Å². The van der Waals surface area contributed by atoms with Gasteiger partial charge in [-0.25, -0.2) is 4.79 Å². The van der Waals surface area contributed by atoms with Gasteiger partial charge in [-0.3, -0.25) is 0 Å². The molecule has 0 saturated carbocycles. The molecule has 0 atom stereocenters. The van der Waals surface area contributed by atoms with Crippen molar-refractivity contribution in [3.63, 3.8) is 0 Å². The van der Waals surface area contributed by atoms with Gasteiger partial charge in [-0.05, 0) is 22.0 Å². The Balaban J connectivity index is 2.53. The lowest BCUT2D eigenvalue weighted by atomic mass is 10.5. The largest absolute Gasteiger partial charge is 0.459 e. The van der Waals surface area contributed by atoms with Crippen molar-refractivity contribution < 1.29 is 14.6 Å². The summed E-state index contributed by atoms with van der Waals surface area (Å²) < 4.78 is 5.56. The summed E-state index contributed by atoms with van der Waals surface area (Å²) in [5, 5.41) is 10.2. The maximum Gasteiger partial charge on any atom is 0.348 e. The number of aliphatic hydroxyl groups is 1. The standard InChI is InChI=1S/C7H7BrO3S/c8-5-3-6(12-4-5)7(10)11-2-1-9/h3-4,9H,1-2H2. The molecule has 0 amide bonds. The van der Waals surface area contributed by atoms with E-state index in [1.54, 1.807) is 11.4 Å². The van der Waals surface area contributed by atoms with Gasteiger partial charge in [0.2, 0.25) is 0 Å². The molecular formula is C7H7BrO3S. The van der Waals surface area contributed by atoms with Crippen LogP contribution in [0.4, 0.5) is 0 Å². The number of carbonyl (C=O) groups is 1. The van der Waals surface area contributed by atoms with Gasteiger partial charge < -0.3 is 9.84 Å². The number of hydrogen-bond donors (Lipinski definition) is 1. The summed E-state index contributed by atoms with van der Waals surface area (Å²) in [6.45, 7) is -0.0906. The molecule has 0 radical (unpaired) electrons. The quantitative estimate of drug-likeness (QED) is 0.831. The van der Waals surface area contributed by atoms with Gasteiger partial charge in [0, 0.05) is 9.85 Å². The Morgan fingerprint density at radius 3 is 3.00 bits per heavy atom. The number of carbonyl (C=O) groups excluding carboxylic acids is 1. The van der Waals surface area contributed by atoms with Crippen molar-refractivity contribution in [2.75, 3.05) is 13.2 Å². The summed E-state index contributed by atoms with van der Waals surface area (Å²) >= 11 is 4.53. The molecule has 66 valence electrons. The second-order valence-electron chi connectivity index (χ2n) is 1.99. The molecule has 0 aliphatic carbocycles. The van der Waals surface area contributed by atoms with E-state index in [1.165, 1.54) is 11.3 Å². The van der Waals surface area contributed by atoms with Crippen molar-refractivity contribution in [3.8, 4) is 0 Å². The molecule has 3 nitrogen and oxygen atoms in total. The second-order valence-corrected chi connectivity index (χ2v) is 3.82. The third-order valence-corrected chi connectivity index (χ3v) is 2.76. The lowest BCUT2D eigenvalue weighted by Gasteiger charge is -1.98. The highest BCUT2D eigenvalue weighted by Crippen LogP contribution is 2.20. The Labute approximate surface area is 82.1 Å². The van der Waals surface area contributed by atoms with Crippen LogP contribution in [0.15, 0.2) is 15.9 Å². The van der Waals surface area contributed by atoms with Crippen LogP contribution in [0.3, 0.4) is 0 Å². The molecule has 1 N–H and O–H groups in total. The fourth-order valence-corrected chi connectivity index (χ4v) is 1.95. The van der Waals surface area contributed by atoms with Crippen LogP contribution >= 0.6 is 27.3 Å². The number of aliphatic hydroxyl groups excluding tert-OH is 1. The van der Waals surface area contributed by atoms with Gasteiger partial charge in [-0.15, -0.1) is 11.3 Å². The van der Waals surface area contributed by atoms with Gasteiger partial charge in [0.05, 0.1) is 6.61 Å². The Morgan fingerprint density at radius 1 is 1.75 bits per heavy atom. The van der Waals surface area contributed by atoms with Crippen LogP contribution in [-0.4, -0.2) is 24.3 Å². The first kappa shape index (κ1) is 9.70. The first-order valence-corrected chi connectivity index (χ1v) is 4.93. The molecule has 0 aromatic carbocycles. The van der Waals surface area contributed by atoms with Crippen LogP contribution in [0, 0.1) is 0 Å². The molecule has 0 saturated heterocycles. The summed E-state index contributed by atoms with van der Waals surface area (Å²) in [6, 6.07) is 1.68. The molecule has 1 heterocycles. The molecule has 0 aliphatic heterocycles. The molecule has 0 bridgehead atoms. The SMILES string of the molecule is O=C(OCCO)c1cc(Br)cs1. The van der Waals surface area contributed by atoms with E-state index in [1.807, 2.05) is 0 Å². The fourth-order valence-electron chi connectivity index (χ4n) is 0.630. The average Bonchev–Trinajstić information content (AvgIpc) is 2.47. The number of ether oxygens (including phenoxy) is 1. The van der Waals surface area contributed by atoms with Crippen molar-refractivity contribution >= 4 is 33.2 Å². The van der Waals surface area contributed by atoms with Crippen molar-refractivity contribution in [2.45, 2.75) is 0 Å². The zero-order chi connectivity index (χ0) is 8.97. The third-order valence-electron chi connectivity index (χ3n) is 1.09. The Bertz CT molecular complexity index is 271. The summed E-state index contributed by atoms with van der Waals surface area (Å²) in [4.78, 5) is 11.6. The molecule has 0 unspecified atom stereocenters. The van der Waals surface area contributed by atoms with Crippen LogP contribution in [0.25, 0.3) is 0 Å². The van der Waals surface area contributed by atoms with Gasteiger partial charge >= 0.3 is 5.97 Å². The minimum absolute atomic E-state index is 0.0500. The van der Waals surface area contributed by atoms with Crippen LogP contribution in [-0.2, 0) is 4.74 Å². The molecular weight excluding hydrogens is 244 g/mol. The fraction of sp³-hybridized carbons (Fsp3) is 0.286. The summed E-state index contributed by atoms with van der Waals surface area (Å²) in [7, 11) is 0. The summed E-state index contributed by atoms with van der Waals surface area (Å²) in [6.07, 6.45) is 0. The van der Waals surface area contributed by atoms with Crippen LogP contribution in [0.1, 0.15) is 9.67 Å². The number of hydrogen-bond acceptors (Lipinski definition) is 4. The predicted octanol–water partition coefficient (Wildman–Crippen LogP) is 1.66. The van der Waals surface area contributed by atoms with Gasteiger partial charge in [0.15, 0.2) is 0 Å². The average molecular weight is 251 g/mol.